The first-order chi connectivity index (χ1) is 10.0. The molecule has 1 heterocycles. The van der Waals surface area contributed by atoms with Gasteiger partial charge in [0.2, 0.25) is 0 Å². The minimum atomic E-state index is -0.625. The number of para-hydroxylation sites is 1. The van der Waals surface area contributed by atoms with Crippen LogP contribution in [0.5, 0.6) is 0 Å². The Hall–Kier alpha value is -2.45. The zero-order chi connectivity index (χ0) is 15.4. The van der Waals surface area contributed by atoms with Crippen molar-refractivity contribution in [3.8, 4) is 0 Å². The number of hydrazine groups is 1. The molecule has 7 nitrogen and oxygen atoms in total. The molecule has 0 saturated carbocycles. The predicted molar refractivity (Wildman–Crippen MR) is 81.1 cm³/mol. The fraction of sp³-hybridized carbons (Fsp3) is 0.154. The minimum absolute atomic E-state index is 0.0247. The molecule has 0 aliphatic carbocycles. The summed E-state index contributed by atoms with van der Waals surface area (Å²) in [6.45, 7) is 2.27. The molecule has 0 saturated heterocycles. The normalized spacial score (nSPS) is 10.2. The Morgan fingerprint density at radius 3 is 2.76 bits per heavy atom. The van der Waals surface area contributed by atoms with Crippen LogP contribution in [0.1, 0.15) is 21.5 Å². The van der Waals surface area contributed by atoms with Gasteiger partial charge in [0.1, 0.15) is 11.3 Å². The number of hydrogen-bond donors (Lipinski definition) is 3. The van der Waals surface area contributed by atoms with E-state index in [9.17, 15) is 14.9 Å². The largest absolute Gasteiger partial charge is 0.348 e. The number of aryl methyl sites for hydroxylation is 1. The monoisotopic (exact) mass is 306 g/mol. The summed E-state index contributed by atoms with van der Waals surface area (Å²) in [4.78, 5) is 22.7. The van der Waals surface area contributed by atoms with Crippen molar-refractivity contribution in [2.24, 2.45) is 5.84 Å². The van der Waals surface area contributed by atoms with E-state index >= 15 is 0 Å². The minimum Gasteiger partial charge on any atom is -0.348 e. The second kappa shape index (κ2) is 6.33. The SMILES string of the molecule is Cc1cscc1CNC(=O)c1cccc(NN)c1[N+](=O)[O-]. The first-order valence-electron chi connectivity index (χ1n) is 6.08. The van der Waals surface area contributed by atoms with Crippen molar-refractivity contribution in [1.29, 1.82) is 0 Å². The first-order valence-corrected chi connectivity index (χ1v) is 7.02. The second-order valence-electron chi connectivity index (χ2n) is 4.37. The number of nitro benzene ring substituents is 1. The molecule has 1 amide bonds. The number of hydrogen-bond acceptors (Lipinski definition) is 6. The molecule has 2 aromatic rings. The lowest BCUT2D eigenvalue weighted by Crippen LogP contribution is -2.24. The highest BCUT2D eigenvalue weighted by Gasteiger charge is 2.24. The van der Waals surface area contributed by atoms with E-state index in [1.165, 1.54) is 18.2 Å². The van der Waals surface area contributed by atoms with E-state index in [2.05, 4.69) is 10.7 Å². The highest BCUT2D eigenvalue weighted by Crippen LogP contribution is 2.27. The van der Waals surface area contributed by atoms with Gasteiger partial charge >= 0.3 is 5.69 Å². The molecule has 0 aliphatic rings. The standard InChI is InChI=1S/C13H14N4O3S/c1-8-6-21-7-9(8)5-15-13(18)10-3-2-4-11(16-14)12(10)17(19)20/h2-4,6-7,16H,5,14H2,1H3,(H,15,18). The summed E-state index contributed by atoms with van der Waals surface area (Å²) in [5.41, 5.74) is 4.04. The Balaban J connectivity index is 2.23. The molecule has 21 heavy (non-hydrogen) atoms. The number of nitrogens with zero attached hydrogens (tertiary/aromatic N) is 1. The maximum atomic E-state index is 12.2. The molecule has 0 fully saturated rings. The van der Waals surface area contributed by atoms with Crippen LogP contribution in [0.4, 0.5) is 11.4 Å². The number of nitro groups is 1. The number of nitrogens with two attached hydrogens (primary N) is 1. The molecule has 0 atom stereocenters. The van der Waals surface area contributed by atoms with Gasteiger partial charge in [-0.3, -0.25) is 20.8 Å². The summed E-state index contributed by atoms with van der Waals surface area (Å²) in [7, 11) is 0. The summed E-state index contributed by atoms with van der Waals surface area (Å²) in [6.07, 6.45) is 0. The second-order valence-corrected chi connectivity index (χ2v) is 5.11. The summed E-state index contributed by atoms with van der Waals surface area (Å²) in [6, 6.07) is 4.37. The average Bonchev–Trinajstić information content (AvgIpc) is 2.89. The van der Waals surface area contributed by atoms with Crippen molar-refractivity contribution in [3.05, 3.63) is 55.8 Å². The number of carbonyl (C=O) groups excluding carboxylic acids is 1. The lowest BCUT2D eigenvalue weighted by atomic mass is 10.1. The molecule has 4 N–H and O–H groups in total. The zero-order valence-corrected chi connectivity index (χ0v) is 12.1. The lowest BCUT2D eigenvalue weighted by molar-refractivity contribution is -0.384. The van der Waals surface area contributed by atoms with Crippen LogP contribution in [0, 0.1) is 17.0 Å². The van der Waals surface area contributed by atoms with Gasteiger partial charge in [-0.25, -0.2) is 0 Å². The first kappa shape index (κ1) is 14.9. The molecule has 0 spiro atoms. The van der Waals surface area contributed by atoms with E-state index < -0.39 is 10.8 Å². The van der Waals surface area contributed by atoms with Crippen molar-refractivity contribution in [1.82, 2.24) is 5.32 Å². The van der Waals surface area contributed by atoms with Crippen molar-refractivity contribution in [2.75, 3.05) is 5.43 Å². The summed E-state index contributed by atoms with van der Waals surface area (Å²) >= 11 is 1.54. The van der Waals surface area contributed by atoms with Gasteiger partial charge in [-0.05, 0) is 40.9 Å². The Labute approximate surface area is 124 Å². The van der Waals surface area contributed by atoms with Crippen LogP contribution in [-0.4, -0.2) is 10.8 Å². The van der Waals surface area contributed by atoms with Crippen molar-refractivity contribution >= 4 is 28.6 Å². The molecular weight excluding hydrogens is 292 g/mol. The van der Waals surface area contributed by atoms with E-state index in [-0.39, 0.29) is 16.9 Å². The van der Waals surface area contributed by atoms with Crippen LogP contribution in [0.25, 0.3) is 0 Å². The number of anilines is 1. The summed E-state index contributed by atoms with van der Waals surface area (Å²) in [5.74, 6) is 4.73. The van der Waals surface area contributed by atoms with Gasteiger partial charge in [-0.2, -0.15) is 11.3 Å². The number of amides is 1. The third-order valence-corrected chi connectivity index (χ3v) is 3.93. The molecule has 8 heteroatoms. The highest BCUT2D eigenvalue weighted by atomic mass is 32.1. The molecule has 1 aromatic heterocycles. The van der Waals surface area contributed by atoms with Gasteiger partial charge < -0.3 is 10.7 Å². The van der Waals surface area contributed by atoms with E-state index in [4.69, 9.17) is 5.84 Å². The predicted octanol–water partition coefficient (Wildman–Crippen LogP) is 2.18. The van der Waals surface area contributed by atoms with E-state index in [1.807, 2.05) is 17.7 Å². The van der Waals surface area contributed by atoms with E-state index in [0.717, 1.165) is 11.1 Å². The van der Waals surface area contributed by atoms with Gasteiger partial charge in [-0.15, -0.1) is 0 Å². The Bertz CT molecular complexity index is 684. The molecule has 1 aromatic carbocycles. The molecule has 0 radical (unpaired) electrons. The van der Waals surface area contributed by atoms with Gasteiger partial charge in [0.25, 0.3) is 5.91 Å². The fourth-order valence-corrected chi connectivity index (χ4v) is 2.74. The molecule has 2 rings (SSSR count). The van der Waals surface area contributed by atoms with Crippen molar-refractivity contribution in [3.63, 3.8) is 0 Å². The quantitative estimate of drug-likeness (QED) is 0.445. The van der Waals surface area contributed by atoms with Crippen LogP contribution in [0.15, 0.2) is 29.0 Å². The van der Waals surface area contributed by atoms with Gasteiger partial charge in [0.05, 0.1) is 4.92 Å². The van der Waals surface area contributed by atoms with Crippen LogP contribution >= 0.6 is 11.3 Å². The molecule has 0 aliphatic heterocycles. The van der Waals surface area contributed by atoms with E-state index in [1.54, 1.807) is 11.3 Å². The van der Waals surface area contributed by atoms with Crippen LogP contribution in [0.3, 0.4) is 0 Å². The Kier molecular flexibility index (Phi) is 4.51. The number of rotatable bonds is 5. The molecule has 0 unspecified atom stereocenters. The number of carbonyl (C=O) groups is 1. The average molecular weight is 306 g/mol. The number of nitrogen functional groups attached to an aromatic ring is 1. The number of thiophene rings is 1. The lowest BCUT2D eigenvalue weighted by Gasteiger charge is -2.08. The Morgan fingerprint density at radius 2 is 2.19 bits per heavy atom. The van der Waals surface area contributed by atoms with Crippen molar-refractivity contribution in [2.45, 2.75) is 13.5 Å². The van der Waals surface area contributed by atoms with Gasteiger partial charge in [0, 0.05) is 6.54 Å². The summed E-state index contributed by atoms with van der Waals surface area (Å²) in [5, 5.41) is 17.7. The fourth-order valence-electron chi connectivity index (χ4n) is 1.88. The molecular formula is C13H14N4O3S. The highest BCUT2D eigenvalue weighted by molar-refractivity contribution is 7.08. The van der Waals surface area contributed by atoms with Crippen molar-refractivity contribution < 1.29 is 9.72 Å². The summed E-state index contributed by atoms with van der Waals surface area (Å²) < 4.78 is 0. The third-order valence-electron chi connectivity index (χ3n) is 3.02. The Morgan fingerprint density at radius 1 is 1.43 bits per heavy atom. The van der Waals surface area contributed by atoms with Crippen LogP contribution in [0.2, 0.25) is 0 Å². The maximum absolute atomic E-state index is 12.2. The van der Waals surface area contributed by atoms with Gasteiger partial charge in [-0.1, -0.05) is 6.07 Å². The molecule has 110 valence electrons. The maximum Gasteiger partial charge on any atom is 0.306 e. The van der Waals surface area contributed by atoms with Crippen LogP contribution in [-0.2, 0) is 6.54 Å². The number of nitrogens with one attached hydrogen (secondary N) is 2. The number of benzene rings is 1. The van der Waals surface area contributed by atoms with Crippen LogP contribution < -0.4 is 16.6 Å². The van der Waals surface area contributed by atoms with Gasteiger partial charge in [0.15, 0.2) is 0 Å². The smallest absolute Gasteiger partial charge is 0.306 e. The topological polar surface area (TPSA) is 110 Å². The third kappa shape index (κ3) is 3.18. The van der Waals surface area contributed by atoms with E-state index in [0.29, 0.717) is 6.54 Å². The zero-order valence-electron chi connectivity index (χ0n) is 11.3. The molecule has 0 bridgehead atoms.